The Morgan fingerprint density at radius 2 is 2.16 bits per heavy atom. The third kappa shape index (κ3) is 4.62. The standard InChI is InChI=1S/C15H24N2OS/c1-13-4-6-15(19-13)7-5-14(8-9-16-12-18)17-10-2-3-11-17/h4,6,12,14H,2-3,5,7-11H2,1H3,(H,16,18). The summed E-state index contributed by atoms with van der Waals surface area (Å²) in [6, 6.07) is 5.08. The molecule has 1 aliphatic heterocycles. The van der Waals surface area contributed by atoms with Crippen LogP contribution in [0.15, 0.2) is 12.1 Å². The molecule has 0 spiro atoms. The number of hydrogen-bond acceptors (Lipinski definition) is 3. The highest BCUT2D eigenvalue weighted by Crippen LogP contribution is 2.22. The van der Waals surface area contributed by atoms with Crippen LogP contribution in [-0.2, 0) is 11.2 Å². The van der Waals surface area contributed by atoms with E-state index >= 15 is 0 Å². The van der Waals surface area contributed by atoms with Gasteiger partial charge in [0.05, 0.1) is 0 Å². The maximum absolute atomic E-state index is 10.4. The van der Waals surface area contributed by atoms with Gasteiger partial charge in [-0.1, -0.05) is 0 Å². The van der Waals surface area contributed by atoms with E-state index in [0.29, 0.717) is 6.04 Å². The summed E-state index contributed by atoms with van der Waals surface area (Å²) in [5.41, 5.74) is 0. The van der Waals surface area contributed by atoms with Gasteiger partial charge in [0.1, 0.15) is 0 Å². The van der Waals surface area contributed by atoms with Gasteiger partial charge >= 0.3 is 0 Å². The molecule has 2 rings (SSSR count). The Hall–Kier alpha value is -0.870. The molecule has 0 bridgehead atoms. The lowest BCUT2D eigenvalue weighted by atomic mass is 10.1. The SMILES string of the molecule is Cc1ccc(CCC(CCNC=O)N2CCCC2)s1. The van der Waals surface area contributed by atoms with Gasteiger partial charge in [-0.2, -0.15) is 0 Å². The van der Waals surface area contributed by atoms with Gasteiger partial charge in [-0.3, -0.25) is 4.79 Å². The molecule has 2 heterocycles. The first-order valence-corrected chi connectivity index (χ1v) is 8.07. The fraction of sp³-hybridized carbons (Fsp3) is 0.667. The Kier molecular flexibility index (Phi) is 5.86. The van der Waals surface area contributed by atoms with Crippen LogP contribution >= 0.6 is 11.3 Å². The quantitative estimate of drug-likeness (QED) is 0.586. The van der Waals surface area contributed by atoms with E-state index < -0.39 is 0 Å². The van der Waals surface area contributed by atoms with Crippen molar-refractivity contribution in [1.29, 1.82) is 0 Å². The fourth-order valence-electron chi connectivity index (χ4n) is 2.85. The van der Waals surface area contributed by atoms with Crippen molar-refractivity contribution in [3.63, 3.8) is 0 Å². The van der Waals surface area contributed by atoms with Crippen molar-refractivity contribution in [3.05, 3.63) is 21.9 Å². The molecule has 1 aliphatic rings. The molecule has 0 saturated carbocycles. The van der Waals surface area contributed by atoms with Crippen molar-refractivity contribution in [2.24, 2.45) is 0 Å². The van der Waals surface area contributed by atoms with Crippen LogP contribution in [0.4, 0.5) is 0 Å². The molecular formula is C15H24N2OS. The summed E-state index contributed by atoms with van der Waals surface area (Å²) in [5, 5.41) is 2.80. The van der Waals surface area contributed by atoms with Crippen molar-refractivity contribution >= 4 is 17.7 Å². The Morgan fingerprint density at radius 3 is 2.79 bits per heavy atom. The zero-order valence-electron chi connectivity index (χ0n) is 11.7. The van der Waals surface area contributed by atoms with Crippen molar-refractivity contribution in [2.45, 2.75) is 45.1 Å². The van der Waals surface area contributed by atoms with E-state index in [9.17, 15) is 4.79 Å². The molecule has 1 N–H and O–H groups in total. The monoisotopic (exact) mass is 280 g/mol. The molecule has 1 amide bonds. The number of carbonyl (C=O) groups excluding carboxylic acids is 1. The molecular weight excluding hydrogens is 256 g/mol. The minimum atomic E-state index is 0.623. The summed E-state index contributed by atoms with van der Waals surface area (Å²) >= 11 is 1.91. The highest BCUT2D eigenvalue weighted by Gasteiger charge is 2.21. The third-order valence-corrected chi connectivity index (χ3v) is 4.94. The van der Waals surface area contributed by atoms with Crippen LogP contribution in [-0.4, -0.2) is 37.0 Å². The van der Waals surface area contributed by atoms with E-state index in [2.05, 4.69) is 29.3 Å². The molecule has 0 aliphatic carbocycles. The van der Waals surface area contributed by atoms with E-state index in [-0.39, 0.29) is 0 Å². The largest absolute Gasteiger partial charge is 0.359 e. The van der Waals surface area contributed by atoms with E-state index in [1.807, 2.05) is 11.3 Å². The van der Waals surface area contributed by atoms with Gasteiger partial charge in [-0.15, -0.1) is 11.3 Å². The summed E-state index contributed by atoms with van der Waals surface area (Å²) in [5.74, 6) is 0. The van der Waals surface area contributed by atoms with Crippen LogP contribution in [0.3, 0.4) is 0 Å². The zero-order valence-corrected chi connectivity index (χ0v) is 12.5. The zero-order chi connectivity index (χ0) is 13.5. The average Bonchev–Trinajstić information content (AvgIpc) is 3.05. The molecule has 1 fully saturated rings. The first-order chi connectivity index (χ1) is 9.29. The van der Waals surface area contributed by atoms with Gasteiger partial charge in [-0.25, -0.2) is 0 Å². The number of rotatable bonds is 8. The Morgan fingerprint density at radius 1 is 1.37 bits per heavy atom. The molecule has 0 aromatic carbocycles. The second-order valence-electron chi connectivity index (χ2n) is 5.31. The van der Waals surface area contributed by atoms with Gasteiger partial charge in [-0.05, 0) is 64.3 Å². The number of likely N-dealkylation sites (tertiary alicyclic amines) is 1. The van der Waals surface area contributed by atoms with Gasteiger partial charge in [0.25, 0.3) is 0 Å². The maximum atomic E-state index is 10.4. The number of nitrogens with zero attached hydrogens (tertiary/aromatic N) is 1. The normalized spacial score (nSPS) is 17.5. The minimum absolute atomic E-state index is 0.623. The van der Waals surface area contributed by atoms with E-state index in [1.54, 1.807) is 0 Å². The van der Waals surface area contributed by atoms with Gasteiger partial charge < -0.3 is 10.2 Å². The predicted octanol–water partition coefficient (Wildman–Crippen LogP) is 2.59. The van der Waals surface area contributed by atoms with Crippen molar-refractivity contribution in [3.8, 4) is 0 Å². The van der Waals surface area contributed by atoms with E-state index in [1.165, 1.54) is 48.5 Å². The molecule has 0 radical (unpaired) electrons. The number of thiophene rings is 1. The molecule has 1 aromatic heterocycles. The molecule has 19 heavy (non-hydrogen) atoms. The summed E-state index contributed by atoms with van der Waals surface area (Å²) in [4.78, 5) is 15.9. The van der Waals surface area contributed by atoms with Gasteiger partial charge in [0.2, 0.25) is 6.41 Å². The first kappa shape index (κ1) is 14.5. The lowest BCUT2D eigenvalue weighted by molar-refractivity contribution is -0.109. The number of nitrogens with one attached hydrogen (secondary N) is 1. The van der Waals surface area contributed by atoms with Crippen LogP contribution in [0, 0.1) is 6.92 Å². The third-order valence-electron chi connectivity index (χ3n) is 3.88. The van der Waals surface area contributed by atoms with Crippen molar-refractivity contribution in [1.82, 2.24) is 10.2 Å². The summed E-state index contributed by atoms with van der Waals surface area (Å²) < 4.78 is 0. The second kappa shape index (κ2) is 7.65. The molecule has 3 nitrogen and oxygen atoms in total. The van der Waals surface area contributed by atoms with E-state index in [0.717, 1.165) is 19.4 Å². The molecule has 4 heteroatoms. The Labute approximate surface area is 120 Å². The molecule has 1 aromatic rings. The van der Waals surface area contributed by atoms with Gasteiger partial charge in [0.15, 0.2) is 0 Å². The highest BCUT2D eigenvalue weighted by molar-refractivity contribution is 7.11. The minimum Gasteiger partial charge on any atom is -0.359 e. The lowest BCUT2D eigenvalue weighted by Crippen LogP contribution is -2.35. The first-order valence-electron chi connectivity index (χ1n) is 7.26. The smallest absolute Gasteiger partial charge is 0.207 e. The number of aryl methyl sites for hydroxylation is 2. The average molecular weight is 280 g/mol. The van der Waals surface area contributed by atoms with Crippen molar-refractivity contribution < 1.29 is 4.79 Å². The fourth-order valence-corrected chi connectivity index (χ4v) is 3.76. The molecule has 106 valence electrons. The number of carbonyl (C=O) groups is 1. The highest BCUT2D eigenvalue weighted by atomic mass is 32.1. The predicted molar refractivity (Wildman–Crippen MR) is 80.7 cm³/mol. The van der Waals surface area contributed by atoms with E-state index in [4.69, 9.17) is 0 Å². The summed E-state index contributed by atoms with van der Waals surface area (Å²) in [6.45, 7) is 5.43. The van der Waals surface area contributed by atoms with Crippen LogP contribution in [0.2, 0.25) is 0 Å². The second-order valence-corrected chi connectivity index (χ2v) is 6.68. The summed E-state index contributed by atoms with van der Waals surface area (Å²) in [6.07, 6.45) is 6.92. The molecule has 1 saturated heterocycles. The molecule has 1 atom stereocenters. The lowest BCUT2D eigenvalue weighted by Gasteiger charge is -2.27. The Bertz CT molecular complexity index is 385. The maximum Gasteiger partial charge on any atom is 0.207 e. The Balaban J connectivity index is 1.83. The number of amides is 1. The topological polar surface area (TPSA) is 32.3 Å². The number of hydrogen-bond donors (Lipinski definition) is 1. The molecule has 1 unspecified atom stereocenters. The van der Waals surface area contributed by atoms with Crippen molar-refractivity contribution in [2.75, 3.05) is 19.6 Å². The van der Waals surface area contributed by atoms with Gasteiger partial charge in [0, 0.05) is 22.3 Å². The van der Waals surface area contributed by atoms with Crippen LogP contribution in [0.25, 0.3) is 0 Å². The van der Waals surface area contributed by atoms with Crippen LogP contribution in [0.1, 0.15) is 35.4 Å². The summed E-state index contributed by atoms with van der Waals surface area (Å²) in [7, 11) is 0. The van der Waals surface area contributed by atoms with Crippen LogP contribution in [0.5, 0.6) is 0 Å². The van der Waals surface area contributed by atoms with Crippen LogP contribution < -0.4 is 5.32 Å².